The van der Waals surface area contributed by atoms with Crippen molar-refractivity contribution in [2.75, 3.05) is 0 Å². The molecule has 0 saturated heterocycles. The number of fused-ring (bicyclic) bond motifs is 7. The first-order chi connectivity index (χ1) is 24.6. The minimum absolute atomic E-state index is 0.157. The maximum absolute atomic E-state index is 8.29. The molecule has 3 heterocycles. The van der Waals surface area contributed by atoms with Crippen molar-refractivity contribution in [3.63, 3.8) is 0 Å². The molecule has 0 spiro atoms. The third kappa shape index (κ3) is 4.32. The summed E-state index contributed by atoms with van der Waals surface area (Å²) in [4.78, 5) is 5.27. The van der Waals surface area contributed by atoms with Crippen molar-refractivity contribution < 1.29 is 12.9 Å². The van der Waals surface area contributed by atoms with Crippen molar-refractivity contribution in [1.82, 2.24) is 9.55 Å². The average Bonchev–Trinajstić information content (AvgIpc) is 3.80. The maximum atomic E-state index is 8.29. The molecular formula is C44H36N2O2. The Morgan fingerprint density at radius 1 is 0.604 bits per heavy atom. The van der Waals surface area contributed by atoms with Crippen LogP contribution in [0, 0.1) is 6.85 Å². The van der Waals surface area contributed by atoms with Crippen molar-refractivity contribution in [3.8, 4) is 28.2 Å². The van der Waals surface area contributed by atoms with Crippen LogP contribution in [0.1, 0.15) is 60.3 Å². The molecule has 6 aromatic carbocycles. The van der Waals surface area contributed by atoms with Crippen LogP contribution in [0.3, 0.4) is 0 Å². The second-order valence-corrected chi connectivity index (χ2v) is 13.4. The number of benzene rings is 6. The molecule has 0 radical (unpaired) electrons. The Balaban J connectivity index is 1.38. The van der Waals surface area contributed by atoms with Gasteiger partial charge in [0, 0.05) is 25.7 Å². The normalized spacial score (nSPS) is 13.4. The molecule has 9 aromatic rings. The zero-order chi connectivity index (χ0) is 35.2. The van der Waals surface area contributed by atoms with Crippen molar-refractivity contribution in [2.45, 2.75) is 46.4 Å². The fraction of sp³-hybridized carbons (Fsp3) is 0.159. The van der Waals surface area contributed by atoms with E-state index >= 15 is 0 Å². The van der Waals surface area contributed by atoms with Gasteiger partial charge >= 0.3 is 0 Å². The van der Waals surface area contributed by atoms with Crippen LogP contribution in [0.25, 0.3) is 83.1 Å². The van der Waals surface area contributed by atoms with Gasteiger partial charge in [-0.2, -0.15) is 0 Å². The minimum Gasteiger partial charge on any atom is -0.456 e. The molecule has 0 N–H and O–H groups in total. The Bertz CT molecular complexity index is 2770. The molecule has 4 nitrogen and oxygen atoms in total. The van der Waals surface area contributed by atoms with E-state index in [1.807, 2.05) is 36.4 Å². The van der Waals surface area contributed by atoms with E-state index < -0.39 is 6.85 Å². The Morgan fingerprint density at radius 3 is 2.04 bits per heavy atom. The minimum atomic E-state index is -2.28. The number of hydrogen-bond acceptors (Lipinski definition) is 3. The lowest BCUT2D eigenvalue weighted by Crippen LogP contribution is -2.09. The highest BCUT2D eigenvalue weighted by Crippen LogP contribution is 2.44. The zero-order valence-corrected chi connectivity index (χ0v) is 27.3. The molecule has 0 bridgehead atoms. The lowest BCUT2D eigenvalue weighted by molar-refractivity contribution is 0.664. The number of aryl methyl sites for hydroxylation is 1. The number of para-hydroxylation sites is 2. The third-order valence-electron chi connectivity index (χ3n) is 9.64. The van der Waals surface area contributed by atoms with Gasteiger partial charge in [-0.15, -0.1) is 0 Å². The molecular weight excluding hydrogens is 588 g/mol. The summed E-state index contributed by atoms with van der Waals surface area (Å²) in [5, 5.41) is 3.97. The van der Waals surface area contributed by atoms with Crippen molar-refractivity contribution in [2.24, 2.45) is 0 Å². The molecule has 0 aliphatic rings. The number of imidazole rings is 1. The highest BCUT2D eigenvalue weighted by Gasteiger charge is 2.26. The number of aromatic nitrogens is 2. The zero-order valence-electron chi connectivity index (χ0n) is 30.3. The van der Waals surface area contributed by atoms with Crippen LogP contribution in [-0.2, 0) is 0 Å². The van der Waals surface area contributed by atoms with E-state index in [0.29, 0.717) is 11.3 Å². The van der Waals surface area contributed by atoms with Crippen LogP contribution in [0.15, 0.2) is 124 Å². The van der Waals surface area contributed by atoms with Crippen LogP contribution in [-0.4, -0.2) is 9.55 Å². The van der Waals surface area contributed by atoms with E-state index in [4.69, 9.17) is 17.9 Å². The molecule has 0 aliphatic heterocycles. The van der Waals surface area contributed by atoms with Gasteiger partial charge in [0.15, 0.2) is 0 Å². The maximum Gasteiger partial charge on any atom is 0.149 e. The second-order valence-electron chi connectivity index (χ2n) is 13.4. The molecule has 0 aliphatic carbocycles. The number of furan rings is 2. The highest BCUT2D eigenvalue weighted by molar-refractivity contribution is 6.16. The van der Waals surface area contributed by atoms with Gasteiger partial charge < -0.3 is 8.83 Å². The van der Waals surface area contributed by atoms with Crippen LogP contribution in [0.4, 0.5) is 0 Å². The van der Waals surface area contributed by atoms with E-state index in [1.165, 1.54) is 0 Å². The molecule has 9 rings (SSSR count). The summed E-state index contributed by atoms with van der Waals surface area (Å²) in [6, 6.07) is 38.7. The standard InChI is InChI=1S/C44H36N2O2/c1-25(2)33-21-29(28-12-7-6-8-13-28)22-34(26(3)4)42(33)46-38-20-27(5)18-19-37(38)45-44(46)32-16-11-15-31-36-24-40-35(23-41(36)48-43(31)32)30-14-9-10-17-39(30)47-40/h6-26H,1-5H3/i5D3. The summed E-state index contributed by atoms with van der Waals surface area (Å²) in [5.41, 5.74) is 11.3. The van der Waals surface area contributed by atoms with Gasteiger partial charge in [-0.05, 0) is 95.0 Å². The molecule has 0 saturated carbocycles. The quantitative estimate of drug-likeness (QED) is 0.191. The number of hydrogen-bond donors (Lipinski definition) is 0. The summed E-state index contributed by atoms with van der Waals surface area (Å²) in [6.45, 7) is 6.57. The molecule has 4 heteroatoms. The molecule has 234 valence electrons. The lowest BCUT2D eigenvalue weighted by Gasteiger charge is -2.24. The molecule has 48 heavy (non-hydrogen) atoms. The molecule has 0 atom stereocenters. The number of rotatable bonds is 5. The lowest BCUT2D eigenvalue weighted by atomic mass is 9.88. The van der Waals surface area contributed by atoms with Crippen LogP contribution >= 0.6 is 0 Å². The van der Waals surface area contributed by atoms with Gasteiger partial charge in [0.25, 0.3) is 0 Å². The second kappa shape index (κ2) is 10.7. The van der Waals surface area contributed by atoms with E-state index in [0.717, 1.165) is 82.9 Å². The van der Waals surface area contributed by atoms with E-state index in [-0.39, 0.29) is 17.4 Å². The van der Waals surface area contributed by atoms with Gasteiger partial charge in [-0.1, -0.05) is 94.4 Å². The molecule has 0 amide bonds. The third-order valence-corrected chi connectivity index (χ3v) is 9.64. The average molecular weight is 628 g/mol. The van der Waals surface area contributed by atoms with Gasteiger partial charge in [0.1, 0.15) is 28.2 Å². The van der Waals surface area contributed by atoms with Crippen LogP contribution < -0.4 is 0 Å². The highest BCUT2D eigenvalue weighted by atomic mass is 16.3. The predicted octanol–water partition coefficient (Wildman–Crippen LogP) is 12.7. The summed E-state index contributed by atoms with van der Waals surface area (Å²) in [7, 11) is 0. The Morgan fingerprint density at radius 2 is 1.29 bits per heavy atom. The van der Waals surface area contributed by atoms with Crippen molar-refractivity contribution in [1.29, 1.82) is 0 Å². The largest absolute Gasteiger partial charge is 0.456 e. The monoisotopic (exact) mass is 627 g/mol. The smallest absolute Gasteiger partial charge is 0.149 e. The summed E-state index contributed by atoms with van der Waals surface area (Å²) in [6.07, 6.45) is 0. The van der Waals surface area contributed by atoms with Crippen molar-refractivity contribution >= 4 is 54.9 Å². The molecule has 0 unspecified atom stereocenters. The first-order valence-electron chi connectivity index (χ1n) is 18.1. The van der Waals surface area contributed by atoms with Gasteiger partial charge in [-0.3, -0.25) is 4.57 Å². The van der Waals surface area contributed by atoms with Gasteiger partial charge in [-0.25, -0.2) is 4.98 Å². The van der Waals surface area contributed by atoms with Crippen LogP contribution in [0.5, 0.6) is 0 Å². The predicted molar refractivity (Wildman–Crippen MR) is 199 cm³/mol. The Kier molecular flexibility index (Phi) is 5.69. The fourth-order valence-corrected chi connectivity index (χ4v) is 7.29. The Labute approximate surface area is 283 Å². The molecule has 0 fully saturated rings. The fourth-order valence-electron chi connectivity index (χ4n) is 7.29. The summed E-state index contributed by atoms with van der Waals surface area (Å²) in [5.74, 6) is 1.01. The van der Waals surface area contributed by atoms with Gasteiger partial charge in [0.05, 0.1) is 22.3 Å². The van der Waals surface area contributed by atoms with E-state index in [1.54, 1.807) is 12.1 Å². The van der Waals surface area contributed by atoms with Crippen molar-refractivity contribution in [3.05, 3.63) is 132 Å². The first kappa shape index (κ1) is 25.5. The SMILES string of the molecule is [2H]C([2H])([2H])c1ccc2nc(-c3cccc4c3oc3cc5c(cc34)oc3ccccc35)n(-c3c(C(C)C)cc(-c4ccccc4)cc3C(C)C)c2c1. The molecule has 3 aromatic heterocycles. The summed E-state index contributed by atoms with van der Waals surface area (Å²) < 4.78 is 40.1. The topological polar surface area (TPSA) is 44.1 Å². The summed E-state index contributed by atoms with van der Waals surface area (Å²) >= 11 is 0. The van der Waals surface area contributed by atoms with E-state index in [2.05, 4.69) is 99.0 Å². The first-order valence-corrected chi connectivity index (χ1v) is 16.6. The van der Waals surface area contributed by atoms with Crippen LogP contribution in [0.2, 0.25) is 0 Å². The van der Waals surface area contributed by atoms with E-state index in [9.17, 15) is 0 Å². The Hall–Kier alpha value is -5.61. The van der Waals surface area contributed by atoms with Gasteiger partial charge in [0.2, 0.25) is 0 Å². The number of nitrogens with zero attached hydrogens (tertiary/aromatic N) is 2.